The van der Waals surface area contributed by atoms with E-state index in [4.69, 9.17) is 14.0 Å². The number of alkyl carbamates (subject to hydrolysis) is 1. The first-order valence-electron chi connectivity index (χ1n) is 7.82. The van der Waals surface area contributed by atoms with Crippen molar-refractivity contribution < 1.29 is 23.6 Å². The van der Waals surface area contributed by atoms with Gasteiger partial charge < -0.3 is 19.3 Å². The fourth-order valence-corrected chi connectivity index (χ4v) is 2.42. The van der Waals surface area contributed by atoms with Crippen molar-refractivity contribution >= 4 is 23.4 Å². The third-order valence-corrected chi connectivity index (χ3v) is 3.66. The van der Waals surface area contributed by atoms with Crippen molar-refractivity contribution in [2.24, 2.45) is 0 Å². The van der Waals surface area contributed by atoms with Crippen LogP contribution >= 0.6 is 11.3 Å². The lowest BCUT2D eigenvalue weighted by molar-refractivity contribution is -0.145. The van der Waals surface area contributed by atoms with Gasteiger partial charge in [-0.3, -0.25) is 4.79 Å². The number of amides is 1. The summed E-state index contributed by atoms with van der Waals surface area (Å²) in [6.07, 6.45) is 0.109. The molecule has 8 nitrogen and oxygen atoms in total. The Morgan fingerprint density at radius 3 is 2.84 bits per heavy atom. The zero-order chi connectivity index (χ0) is 18.3. The van der Waals surface area contributed by atoms with Crippen LogP contribution in [0.1, 0.15) is 39.5 Å². The molecule has 0 aliphatic rings. The summed E-state index contributed by atoms with van der Waals surface area (Å²) in [6, 6.07) is 3.77. The second kappa shape index (κ2) is 8.61. The summed E-state index contributed by atoms with van der Waals surface area (Å²) in [7, 11) is 0. The van der Waals surface area contributed by atoms with Crippen molar-refractivity contribution in [2.45, 2.75) is 45.8 Å². The Morgan fingerprint density at radius 1 is 1.36 bits per heavy atom. The highest BCUT2D eigenvalue weighted by Crippen LogP contribution is 2.21. The minimum absolute atomic E-state index is 0.0727. The summed E-state index contributed by atoms with van der Waals surface area (Å²) < 4.78 is 15.2. The molecule has 0 saturated carbocycles. The molecule has 0 aromatic carbocycles. The Labute approximate surface area is 149 Å². The Bertz CT molecular complexity index is 691. The van der Waals surface area contributed by atoms with Crippen LogP contribution in [0.3, 0.4) is 0 Å². The standard InChI is InChI=1S/C16H21N3O5S/c1-16(2,3)23-15(21)17-8-4-7-13(20)22-10-12-18-14(19-24-12)11-6-5-9-25-11/h5-6,9H,4,7-8,10H2,1-3H3,(H,17,21). The maximum atomic E-state index is 11.7. The van der Waals surface area contributed by atoms with Crippen LogP contribution in [-0.2, 0) is 20.9 Å². The monoisotopic (exact) mass is 367 g/mol. The third kappa shape index (κ3) is 6.92. The number of esters is 1. The molecule has 2 aromatic rings. The molecule has 9 heteroatoms. The molecule has 0 unspecified atom stereocenters. The molecule has 1 N–H and O–H groups in total. The number of nitrogens with one attached hydrogen (secondary N) is 1. The normalized spacial score (nSPS) is 11.2. The number of thiophene rings is 1. The van der Waals surface area contributed by atoms with Gasteiger partial charge >= 0.3 is 12.1 Å². The van der Waals surface area contributed by atoms with Gasteiger partial charge in [0.1, 0.15) is 5.60 Å². The summed E-state index contributed by atoms with van der Waals surface area (Å²) >= 11 is 1.50. The van der Waals surface area contributed by atoms with Gasteiger partial charge in [0.25, 0.3) is 5.89 Å². The molecular formula is C16H21N3O5S. The molecule has 0 aliphatic heterocycles. The van der Waals surface area contributed by atoms with Crippen LogP contribution < -0.4 is 5.32 Å². The van der Waals surface area contributed by atoms with Crippen LogP contribution in [-0.4, -0.2) is 34.3 Å². The quantitative estimate of drug-likeness (QED) is 0.592. The number of carbonyl (C=O) groups excluding carboxylic acids is 2. The molecule has 25 heavy (non-hydrogen) atoms. The van der Waals surface area contributed by atoms with Crippen molar-refractivity contribution in [2.75, 3.05) is 6.54 Å². The zero-order valence-electron chi connectivity index (χ0n) is 14.4. The lowest BCUT2D eigenvalue weighted by atomic mass is 10.2. The van der Waals surface area contributed by atoms with Crippen LogP contribution in [0.15, 0.2) is 22.0 Å². The van der Waals surface area contributed by atoms with Gasteiger partial charge in [-0.25, -0.2) is 4.79 Å². The fourth-order valence-electron chi connectivity index (χ4n) is 1.77. The molecule has 0 aliphatic carbocycles. The van der Waals surface area contributed by atoms with Crippen molar-refractivity contribution in [3.05, 3.63) is 23.4 Å². The number of carbonyl (C=O) groups is 2. The summed E-state index contributed by atoms with van der Waals surface area (Å²) in [5.41, 5.74) is -0.547. The molecule has 0 bridgehead atoms. The molecule has 0 spiro atoms. The van der Waals surface area contributed by atoms with Crippen molar-refractivity contribution in [1.82, 2.24) is 15.5 Å². The van der Waals surface area contributed by atoms with Crippen LogP contribution in [0.2, 0.25) is 0 Å². The molecule has 136 valence electrons. The molecule has 2 rings (SSSR count). The second-order valence-electron chi connectivity index (χ2n) is 6.18. The summed E-state index contributed by atoms with van der Waals surface area (Å²) in [6.45, 7) is 5.60. The molecule has 2 heterocycles. The maximum Gasteiger partial charge on any atom is 0.407 e. The van der Waals surface area contributed by atoms with Gasteiger partial charge in [-0.2, -0.15) is 4.98 Å². The Hall–Kier alpha value is -2.42. The van der Waals surface area contributed by atoms with E-state index < -0.39 is 17.7 Å². The SMILES string of the molecule is CC(C)(C)OC(=O)NCCCC(=O)OCc1nc(-c2cccs2)no1. The third-order valence-electron chi connectivity index (χ3n) is 2.79. The number of ether oxygens (including phenoxy) is 2. The smallest absolute Gasteiger partial charge is 0.407 e. The van der Waals surface area contributed by atoms with Crippen LogP contribution in [0, 0.1) is 0 Å². The molecule has 0 fully saturated rings. The average Bonchev–Trinajstić information content (AvgIpc) is 3.18. The number of nitrogens with zero attached hydrogens (tertiary/aromatic N) is 2. The van der Waals surface area contributed by atoms with E-state index in [2.05, 4.69) is 15.5 Å². The van der Waals surface area contributed by atoms with E-state index in [1.807, 2.05) is 17.5 Å². The van der Waals surface area contributed by atoms with E-state index >= 15 is 0 Å². The van der Waals surface area contributed by atoms with E-state index in [9.17, 15) is 9.59 Å². The van der Waals surface area contributed by atoms with Gasteiger partial charge in [0.05, 0.1) is 4.88 Å². The first-order chi connectivity index (χ1) is 11.8. The zero-order valence-corrected chi connectivity index (χ0v) is 15.2. The lowest BCUT2D eigenvalue weighted by Crippen LogP contribution is -2.33. The van der Waals surface area contributed by atoms with E-state index in [0.717, 1.165) is 4.88 Å². The van der Waals surface area contributed by atoms with Crippen molar-refractivity contribution in [3.8, 4) is 10.7 Å². The molecule has 1 amide bonds. The van der Waals surface area contributed by atoms with E-state index in [-0.39, 0.29) is 18.9 Å². The van der Waals surface area contributed by atoms with Gasteiger partial charge in [-0.05, 0) is 38.6 Å². The van der Waals surface area contributed by atoms with Gasteiger partial charge in [0.2, 0.25) is 5.82 Å². The van der Waals surface area contributed by atoms with Crippen LogP contribution in [0.25, 0.3) is 10.7 Å². The summed E-state index contributed by atoms with van der Waals surface area (Å²) in [5, 5.41) is 8.32. The fraction of sp³-hybridized carbons (Fsp3) is 0.500. The Kier molecular flexibility index (Phi) is 6.51. The number of rotatable bonds is 7. The van der Waals surface area contributed by atoms with Crippen molar-refractivity contribution in [3.63, 3.8) is 0 Å². The highest BCUT2D eigenvalue weighted by molar-refractivity contribution is 7.13. The molecule has 0 radical (unpaired) electrons. The van der Waals surface area contributed by atoms with Crippen LogP contribution in [0.4, 0.5) is 4.79 Å². The Balaban J connectivity index is 1.62. The predicted octanol–water partition coefficient (Wildman–Crippen LogP) is 3.15. The second-order valence-corrected chi connectivity index (χ2v) is 7.13. The molecule has 2 aromatic heterocycles. The first kappa shape index (κ1) is 18.9. The van der Waals surface area contributed by atoms with E-state index in [1.54, 1.807) is 20.8 Å². The van der Waals surface area contributed by atoms with Gasteiger partial charge in [0.15, 0.2) is 6.61 Å². The topological polar surface area (TPSA) is 104 Å². The Morgan fingerprint density at radius 2 is 2.16 bits per heavy atom. The lowest BCUT2D eigenvalue weighted by Gasteiger charge is -2.19. The van der Waals surface area contributed by atoms with E-state index in [1.165, 1.54) is 11.3 Å². The minimum atomic E-state index is -0.547. The number of aromatic nitrogens is 2. The predicted molar refractivity (Wildman–Crippen MR) is 90.9 cm³/mol. The average molecular weight is 367 g/mol. The first-order valence-corrected chi connectivity index (χ1v) is 8.70. The highest BCUT2D eigenvalue weighted by Gasteiger charge is 2.16. The molecule has 0 saturated heterocycles. The van der Waals surface area contributed by atoms with E-state index in [0.29, 0.717) is 18.8 Å². The number of hydrogen-bond donors (Lipinski definition) is 1. The molecular weight excluding hydrogens is 346 g/mol. The number of hydrogen-bond acceptors (Lipinski definition) is 8. The minimum Gasteiger partial charge on any atom is -0.456 e. The largest absolute Gasteiger partial charge is 0.456 e. The highest BCUT2D eigenvalue weighted by atomic mass is 32.1. The maximum absolute atomic E-state index is 11.7. The van der Waals surface area contributed by atoms with Gasteiger partial charge in [-0.1, -0.05) is 11.2 Å². The van der Waals surface area contributed by atoms with Crippen molar-refractivity contribution in [1.29, 1.82) is 0 Å². The molecule has 0 atom stereocenters. The van der Waals surface area contributed by atoms with Crippen LogP contribution in [0.5, 0.6) is 0 Å². The van der Waals surface area contributed by atoms with Gasteiger partial charge in [0, 0.05) is 13.0 Å². The summed E-state index contributed by atoms with van der Waals surface area (Å²) in [4.78, 5) is 28.2. The van der Waals surface area contributed by atoms with Gasteiger partial charge in [-0.15, -0.1) is 11.3 Å². The summed E-state index contributed by atoms with van der Waals surface area (Å²) in [5.74, 6) is 0.313.